The molecule has 0 fully saturated rings. The van der Waals surface area contributed by atoms with Gasteiger partial charge in [0.25, 0.3) is 0 Å². The number of fused-ring (bicyclic) bond motifs is 2. The summed E-state index contributed by atoms with van der Waals surface area (Å²) in [7, 11) is 0. The molecule has 8 aromatic rings. The van der Waals surface area contributed by atoms with E-state index >= 15 is 0 Å². The summed E-state index contributed by atoms with van der Waals surface area (Å²) in [6, 6.07) is 39.0. The summed E-state index contributed by atoms with van der Waals surface area (Å²) in [5, 5.41) is 51.9. The maximum absolute atomic E-state index is 12.7. The number of nitrogens with zero attached hydrogens (tertiary/aromatic N) is 4. The smallest absolute Gasteiger partial charge is 0.163 e. The van der Waals surface area contributed by atoms with Crippen LogP contribution >= 0.6 is 0 Å². The molecular weight excluding hydrogens is 1480 g/mol. The summed E-state index contributed by atoms with van der Waals surface area (Å²) in [5.74, 6) is 2.74. The molecule has 8 rings (SSSR count). The van der Waals surface area contributed by atoms with Crippen molar-refractivity contribution < 1.29 is 39.4 Å². The molecule has 0 amide bonds. The van der Waals surface area contributed by atoms with Crippen molar-refractivity contribution in [2.75, 3.05) is 26.4 Å². The van der Waals surface area contributed by atoms with E-state index in [4.69, 9.17) is 38.9 Å². The summed E-state index contributed by atoms with van der Waals surface area (Å²) < 4.78 is 26.9. The van der Waals surface area contributed by atoms with Crippen LogP contribution in [0.15, 0.2) is 153 Å². The van der Waals surface area contributed by atoms with Gasteiger partial charge in [0, 0.05) is 71.4 Å². The Hall–Kier alpha value is -8.90. The van der Waals surface area contributed by atoms with Crippen LogP contribution < -0.4 is 18.9 Å². The molecule has 652 valence electrons. The van der Waals surface area contributed by atoms with Gasteiger partial charge >= 0.3 is 0 Å². The normalized spacial score (nSPS) is 12.2. The summed E-state index contributed by atoms with van der Waals surface area (Å²) >= 11 is 0. The third-order valence-electron chi connectivity index (χ3n) is 23.4. The Kier molecular flexibility index (Phi) is 43.3. The summed E-state index contributed by atoms with van der Waals surface area (Å²) in [5.41, 5.74) is 7.74. The molecule has 0 saturated heterocycles. The van der Waals surface area contributed by atoms with E-state index in [9.17, 15) is 20.4 Å². The summed E-state index contributed by atoms with van der Waals surface area (Å²) in [4.78, 5) is 20.7. The van der Waals surface area contributed by atoms with Crippen LogP contribution in [0.4, 0.5) is 22.7 Å². The van der Waals surface area contributed by atoms with Gasteiger partial charge in [-0.1, -0.05) is 385 Å². The number of benzene rings is 8. The van der Waals surface area contributed by atoms with Crippen molar-refractivity contribution in [3.8, 4) is 46.0 Å². The van der Waals surface area contributed by atoms with Crippen LogP contribution in [0.5, 0.6) is 46.0 Å². The molecule has 0 saturated carbocycles. The quantitative estimate of drug-likeness (QED) is 0.0166. The Morgan fingerprint density at radius 2 is 0.558 bits per heavy atom. The molecule has 0 aliphatic rings. The maximum atomic E-state index is 12.7. The molecule has 0 aliphatic heterocycles. The lowest BCUT2D eigenvalue weighted by Gasteiger charge is -2.23. The molecule has 0 aromatic heterocycles. The van der Waals surface area contributed by atoms with Gasteiger partial charge in [-0.05, 0) is 117 Å². The van der Waals surface area contributed by atoms with E-state index in [0.717, 1.165) is 89.6 Å². The number of aliphatic imine (C=N–C) groups is 4. The Morgan fingerprint density at radius 1 is 0.308 bits per heavy atom. The van der Waals surface area contributed by atoms with Crippen molar-refractivity contribution in [3.63, 3.8) is 0 Å². The van der Waals surface area contributed by atoms with Gasteiger partial charge in [-0.25, -0.2) is 0 Å². The van der Waals surface area contributed by atoms with E-state index in [-0.39, 0.29) is 33.8 Å². The van der Waals surface area contributed by atoms with E-state index in [1.807, 2.05) is 97.1 Å². The molecule has 0 aliphatic carbocycles. The van der Waals surface area contributed by atoms with Gasteiger partial charge in [0.05, 0.1) is 49.2 Å². The fourth-order valence-corrected chi connectivity index (χ4v) is 15.8. The number of hydrogen-bond acceptors (Lipinski definition) is 12. The number of unbranched alkanes of at least 4 members (excludes halogenated alkanes) is 36. The van der Waals surface area contributed by atoms with Crippen LogP contribution in [0.25, 0.3) is 21.5 Å². The lowest BCUT2D eigenvalue weighted by Crippen LogP contribution is -2.13. The highest BCUT2D eigenvalue weighted by atomic mass is 16.5. The third-order valence-corrected chi connectivity index (χ3v) is 23.4. The predicted octanol–water partition coefficient (Wildman–Crippen LogP) is 32.0. The fourth-order valence-electron chi connectivity index (χ4n) is 15.8. The zero-order valence-electron chi connectivity index (χ0n) is 75.8. The molecule has 120 heavy (non-hydrogen) atoms. The van der Waals surface area contributed by atoms with E-state index in [1.165, 1.54) is 205 Å². The summed E-state index contributed by atoms with van der Waals surface area (Å²) in [6.07, 6.45) is 56.2. The number of aromatic hydroxyl groups is 4. The van der Waals surface area contributed by atoms with Crippen molar-refractivity contribution in [1.82, 2.24) is 0 Å². The van der Waals surface area contributed by atoms with Crippen LogP contribution in [-0.4, -0.2) is 71.7 Å². The first kappa shape index (κ1) is 96.6. The van der Waals surface area contributed by atoms with Gasteiger partial charge in [0.15, 0.2) is 23.0 Å². The van der Waals surface area contributed by atoms with E-state index in [2.05, 4.69) is 87.9 Å². The predicted molar refractivity (Wildman–Crippen MR) is 513 cm³/mol. The van der Waals surface area contributed by atoms with E-state index in [0.29, 0.717) is 118 Å². The van der Waals surface area contributed by atoms with Crippen molar-refractivity contribution in [2.45, 2.75) is 350 Å². The Labute approximate surface area is 724 Å². The zero-order valence-corrected chi connectivity index (χ0v) is 75.8. The van der Waals surface area contributed by atoms with Gasteiger partial charge in [0.2, 0.25) is 0 Å². The SMILES string of the molecule is C=C(Cc1cc(C(C)(C)C)cc(C=Nc2cc(OCCCCCCCCCCCC)c(OCCCCCCCCCCCC)cc2N=Cc2c(O)ccc3ccccc23)c1O)Cc1cc(C(C)(C)C)cc(C=Nc2cc(OCCCCCCCCCCCC)c(OCCCCCCCCCCCC)cc2N=Cc2c(O)ccc3ccccc23)c1O. The van der Waals surface area contributed by atoms with E-state index in [1.54, 1.807) is 37.0 Å². The van der Waals surface area contributed by atoms with Crippen LogP contribution in [0.3, 0.4) is 0 Å². The highest BCUT2D eigenvalue weighted by Gasteiger charge is 2.24. The van der Waals surface area contributed by atoms with Gasteiger partial charge in [-0.2, -0.15) is 0 Å². The minimum atomic E-state index is -0.332. The maximum Gasteiger partial charge on any atom is 0.163 e. The number of phenols is 4. The average Bonchev–Trinajstić information content (AvgIpc) is 0.805. The lowest BCUT2D eigenvalue weighted by molar-refractivity contribution is 0.258. The molecule has 0 heterocycles. The first-order valence-corrected chi connectivity index (χ1v) is 47.1. The second-order valence-electron chi connectivity index (χ2n) is 35.9. The molecule has 0 unspecified atom stereocenters. The molecule has 4 N–H and O–H groups in total. The van der Waals surface area contributed by atoms with Crippen molar-refractivity contribution >= 4 is 69.2 Å². The monoisotopic (exact) mass is 1630 g/mol. The highest BCUT2D eigenvalue weighted by Crippen LogP contribution is 2.45. The highest BCUT2D eigenvalue weighted by molar-refractivity contribution is 6.05. The van der Waals surface area contributed by atoms with Gasteiger partial charge < -0.3 is 39.4 Å². The number of allylic oxidation sites excluding steroid dienone is 1. The largest absolute Gasteiger partial charge is 0.507 e. The fraction of sp³-hybridized carbons (Fsp3) is 0.537. The first-order chi connectivity index (χ1) is 58.3. The van der Waals surface area contributed by atoms with Gasteiger partial charge in [-0.15, -0.1) is 0 Å². The van der Waals surface area contributed by atoms with Crippen LogP contribution in [-0.2, 0) is 23.7 Å². The molecule has 12 nitrogen and oxygen atoms in total. The Morgan fingerprint density at radius 3 is 0.825 bits per heavy atom. The topological polar surface area (TPSA) is 167 Å². The first-order valence-electron chi connectivity index (χ1n) is 47.1. The Balaban J connectivity index is 1.11. The molecule has 0 radical (unpaired) electrons. The van der Waals surface area contributed by atoms with Crippen molar-refractivity contribution in [2.24, 2.45) is 20.0 Å². The van der Waals surface area contributed by atoms with Crippen LogP contribution in [0.1, 0.15) is 371 Å². The van der Waals surface area contributed by atoms with Gasteiger partial charge in [-0.3, -0.25) is 20.0 Å². The minimum Gasteiger partial charge on any atom is -0.507 e. The second kappa shape index (κ2) is 53.8. The summed E-state index contributed by atoms with van der Waals surface area (Å²) in [6.45, 7) is 28.9. The van der Waals surface area contributed by atoms with E-state index < -0.39 is 0 Å². The third kappa shape index (κ3) is 33.5. The number of rotatable bonds is 60. The number of ether oxygens (including phenoxy) is 4. The van der Waals surface area contributed by atoms with Gasteiger partial charge in [0.1, 0.15) is 23.0 Å². The minimum absolute atomic E-state index is 0.0733. The standard InChI is InChI=1S/C108H152N4O8/c1-12-16-20-24-28-32-36-40-44-52-64-117-101-74-95(97(111-80-93-91-58-50-48-56-83(91)60-62-99(93)113)76-103(101)119-66-54-46-42-38-34-30-26-22-18-14-3)109-78-87-72-89(107(6,7)8)70-85(105(87)115)68-82(5)69-86-71-90(108(9,10)11)73-88(106(86)116)79-110-96-75-102(118-65-53-45-41-37-33-29-25-21-17-13-2)104(120-67-55-47-43-39-35-31-27-23-19-15-4)77-98(96)112-81-94-92-59-51-49-57-84(92)61-63-100(94)114/h48-51,56-63,70-81,113-116H,5,12-47,52-55,64-69H2,1-4,6-11H3. The zero-order chi connectivity index (χ0) is 85.6. The average molecular weight is 1630 g/mol. The van der Waals surface area contributed by atoms with Crippen LogP contribution in [0.2, 0.25) is 0 Å². The molecule has 0 spiro atoms. The molecule has 12 heteroatoms. The number of hydrogen-bond donors (Lipinski definition) is 4. The molecular formula is C108H152N4O8. The molecule has 0 atom stereocenters. The Bertz CT molecular complexity index is 4200. The lowest BCUT2D eigenvalue weighted by atomic mass is 9.82. The van der Waals surface area contributed by atoms with Crippen LogP contribution in [0, 0.1) is 0 Å². The second-order valence-corrected chi connectivity index (χ2v) is 35.9. The van der Waals surface area contributed by atoms with Crippen molar-refractivity contribution in [1.29, 1.82) is 0 Å². The van der Waals surface area contributed by atoms with Crippen molar-refractivity contribution in [3.05, 3.63) is 178 Å². The molecule has 0 bridgehead atoms. The number of phenolic OH excluding ortho intramolecular Hbond substituents is 4. The molecule has 8 aromatic carbocycles.